The second kappa shape index (κ2) is 12.4. The zero-order valence-corrected chi connectivity index (χ0v) is 17.4. The number of unbranched alkanes of at least 4 members (excludes halogenated alkanes) is 2. The molecule has 27 heavy (non-hydrogen) atoms. The number of amides is 1. The van der Waals surface area contributed by atoms with E-state index in [1.807, 2.05) is 0 Å². The van der Waals surface area contributed by atoms with Crippen LogP contribution in [0, 0.1) is 5.92 Å². The van der Waals surface area contributed by atoms with Crippen LogP contribution in [0.4, 0.5) is 0 Å². The lowest BCUT2D eigenvalue weighted by atomic mass is 10.1. The first-order chi connectivity index (χ1) is 12.9. The Morgan fingerprint density at radius 1 is 1.15 bits per heavy atom. The third kappa shape index (κ3) is 8.52. The average Bonchev–Trinajstić information content (AvgIpc) is 2.64. The maximum atomic E-state index is 12.3. The SMILES string of the molecule is COC(=O)CCCCCNC(=O)c1cc(Cl)c(OCCC(C)C)c(OC)c1. The first kappa shape index (κ1) is 23.1. The van der Waals surface area contributed by atoms with E-state index >= 15 is 0 Å². The predicted molar refractivity (Wildman–Crippen MR) is 106 cm³/mol. The lowest BCUT2D eigenvalue weighted by molar-refractivity contribution is -0.140. The molecular formula is C20H30ClNO5. The molecule has 1 rings (SSSR count). The van der Waals surface area contributed by atoms with E-state index in [0.717, 1.165) is 25.7 Å². The molecule has 1 N–H and O–H groups in total. The number of ether oxygens (including phenoxy) is 3. The molecule has 1 aromatic carbocycles. The highest BCUT2D eigenvalue weighted by Gasteiger charge is 2.16. The molecule has 0 aliphatic carbocycles. The summed E-state index contributed by atoms with van der Waals surface area (Å²) >= 11 is 6.29. The van der Waals surface area contributed by atoms with Crippen molar-refractivity contribution >= 4 is 23.5 Å². The van der Waals surface area contributed by atoms with Crippen LogP contribution in [0.3, 0.4) is 0 Å². The van der Waals surface area contributed by atoms with Gasteiger partial charge in [-0.1, -0.05) is 31.9 Å². The van der Waals surface area contributed by atoms with Crippen LogP contribution in [0.5, 0.6) is 11.5 Å². The quantitative estimate of drug-likeness (QED) is 0.420. The number of halogens is 1. The predicted octanol–water partition coefficient (Wildman–Crippen LogP) is 4.24. The van der Waals surface area contributed by atoms with Crippen molar-refractivity contribution in [1.82, 2.24) is 5.32 Å². The zero-order valence-electron chi connectivity index (χ0n) is 16.6. The van der Waals surface area contributed by atoms with Crippen LogP contribution in [0.1, 0.15) is 56.3 Å². The molecule has 0 aromatic heterocycles. The van der Waals surface area contributed by atoms with Gasteiger partial charge in [0.2, 0.25) is 0 Å². The highest BCUT2D eigenvalue weighted by atomic mass is 35.5. The van der Waals surface area contributed by atoms with Crippen LogP contribution in [0.25, 0.3) is 0 Å². The summed E-state index contributed by atoms with van der Waals surface area (Å²) in [5.41, 5.74) is 0.419. The number of nitrogens with one attached hydrogen (secondary N) is 1. The van der Waals surface area contributed by atoms with E-state index < -0.39 is 0 Å². The Balaban J connectivity index is 2.54. The first-order valence-corrected chi connectivity index (χ1v) is 9.62. The van der Waals surface area contributed by atoms with Crippen molar-refractivity contribution in [1.29, 1.82) is 0 Å². The van der Waals surface area contributed by atoms with Crippen molar-refractivity contribution in [2.45, 2.75) is 46.0 Å². The molecule has 0 saturated carbocycles. The summed E-state index contributed by atoms with van der Waals surface area (Å²) in [7, 11) is 2.90. The minimum Gasteiger partial charge on any atom is -0.493 e. The topological polar surface area (TPSA) is 73.9 Å². The van der Waals surface area contributed by atoms with Gasteiger partial charge in [0.25, 0.3) is 5.91 Å². The summed E-state index contributed by atoms with van der Waals surface area (Å²) in [6, 6.07) is 3.21. The van der Waals surface area contributed by atoms with E-state index in [2.05, 4.69) is 23.9 Å². The molecule has 0 heterocycles. The van der Waals surface area contributed by atoms with Crippen LogP contribution in [-0.2, 0) is 9.53 Å². The molecule has 7 heteroatoms. The molecule has 0 aliphatic rings. The number of esters is 1. The number of rotatable bonds is 12. The first-order valence-electron chi connectivity index (χ1n) is 9.24. The van der Waals surface area contributed by atoms with Crippen molar-refractivity contribution in [3.05, 3.63) is 22.7 Å². The number of hydrogen-bond acceptors (Lipinski definition) is 5. The van der Waals surface area contributed by atoms with Gasteiger partial charge >= 0.3 is 5.97 Å². The maximum absolute atomic E-state index is 12.3. The van der Waals surface area contributed by atoms with Gasteiger partial charge in [-0.3, -0.25) is 9.59 Å². The van der Waals surface area contributed by atoms with Gasteiger partial charge in [-0.2, -0.15) is 0 Å². The highest BCUT2D eigenvalue weighted by molar-refractivity contribution is 6.32. The summed E-state index contributed by atoms with van der Waals surface area (Å²) in [5.74, 6) is 0.981. The van der Waals surface area contributed by atoms with Gasteiger partial charge in [0.1, 0.15) is 0 Å². The molecule has 1 aromatic rings. The Labute approximate surface area is 166 Å². The van der Waals surface area contributed by atoms with E-state index in [9.17, 15) is 9.59 Å². The Hall–Kier alpha value is -1.95. The molecule has 0 spiro atoms. The molecule has 0 atom stereocenters. The third-order valence-corrected chi connectivity index (χ3v) is 4.28. The minimum atomic E-state index is -0.225. The van der Waals surface area contributed by atoms with Crippen LogP contribution >= 0.6 is 11.6 Å². The molecule has 0 unspecified atom stereocenters. The smallest absolute Gasteiger partial charge is 0.305 e. The van der Waals surface area contributed by atoms with Crippen molar-refractivity contribution < 1.29 is 23.8 Å². The van der Waals surface area contributed by atoms with Gasteiger partial charge in [-0.05, 0) is 37.3 Å². The van der Waals surface area contributed by atoms with E-state index in [1.54, 1.807) is 12.1 Å². The number of benzene rings is 1. The number of carbonyl (C=O) groups excluding carboxylic acids is 2. The highest BCUT2D eigenvalue weighted by Crippen LogP contribution is 2.36. The molecule has 152 valence electrons. The maximum Gasteiger partial charge on any atom is 0.305 e. The molecule has 0 fully saturated rings. The summed E-state index contributed by atoms with van der Waals surface area (Å²) in [5, 5.41) is 3.20. The van der Waals surface area contributed by atoms with Gasteiger partial charge in [-0.25, -0.2) is 0 Å². The standard InChI is InChI=1S/C20H30ClNO5/c1-14(2)9-11-27-19-16(21)12-15(13-17(19)25-3)20(24)22-10-7-5-6-8-18(23)26-4/h12-14H,5-11H2,1-4H3,(H,22,24). The van der Waals surface area contributed by atoms with E-state index in [4.69, 9.17) is 21.1 Å². The van der Waals surface area contributed by atoms with Gasteiger partial charge < -0.3 is 19.5 Å². The summed E-state index contributed by atoms with van der Waals surface area (Å²) in [6.45, 7) is 5.29. The van der Waals surface area contributed by atoms with Crippen LogP contribution in [-0.4, -0.2) is 39.2 Å². The second-order valence-electron chi connectivity index (χ2n) is 6.66. The van der Waals surface area contributed by atoms with Gasteiger partial charge in [0.15, 0.2) is 11.5 Å². The van der Waals surface area contributed by atoms with Crippen molar-refractivity contribution in [2.24, 2.45) is 5.92 Å². The van der Waals surface area contributed by atoms with Crippen LogP contribution in [0.15, 0.2) is 12.1 Å². The summed E-state index contributed by atoms with van der Waals surface area (Å²) < 4.78 is 15.7. The van der Waals surface area contributed by atoms with Crippen molar-refractivity contribution in [3.8, 4) is 11.5 Å². The number of hydrogen-bond donors (Lipinski definition) is 1. The fraction of sp³-hybridized carbons (Fsp3) is 0.600. The number of carbonyl (C=O) groups is 2. The van der Waals surface area contributed by atoms with Gasteiger partial charge in [-0.15, -0.1) is 0 Å². The van der Waals surface area contributed by atoms with Gasteiger partial charge in [0.05, 0.1) is 25.8 Å². The molecular weight excluding hydrogens is 370 g/mol. The number of methoxy groups -OCH3 is 2. The Kier molecular flexibility index (Phi) is 10.6. The second-order valence-corrected chi connectivity index (χ2v) is 7.07. The van der Waals surface area contributed by atoms with E-state index in [1.165, 1.54) is 14.2 Å². The Morgan fingerprint density at radius 3 is 2.52 bits per heavy atom. The van der Waals surface area contributed by atoms with Crippen LogP contribution < -0.4 is 14.8 Å². The normalized spacial score (nSPS) is 10.6. The Bertz CT molecular complexity index is 619. The van der Waals surface area contributed by atoms with Crippen molar-refractivity contribution in [2.75, 3.05) is 27.4 Å². The summed E-state index contributed by atoms with van der Waals surface area (Å²) in [6.07, 6.45) is 3.66. The monoisotopic (exact) mass is 399 g/mol. The van der Waals surface area contributed by atoms with E-state index in [-0.39, 0.29) is 11.9 Å². The lowest BCUT2D eigenvalue weighted by Gasteiger charge is -2.15. The Morgan fingerprint density at radius 2 is 1.89 bits per heavy atom. The zero-order chi connectivity index (χ0) is 20.2. The third-order valence-electron chi connectivity index (χ3n) is 4.00. The minimum absolute atomic E-state index is 0.212. The fourth-order valence-electron chi connectivity index (χ4n) is 2.36. The fourth-order valence-corrected chi connectivity index (χ4v) is 2.63. The largest absolute Gasteiger partial charge is 0.493 e. The summed E-state index contributed by atoms with van der Waals surface area (Å²) in [4.78, 5) is 23.4. The van der Waals surface area contributed by atoms with E-state index in [0.29, 0.717) is 47.6 Å². The lowest BCUT2D eigenvalue weighted by Crippen LogP contribution is -2.24. The van der Waals surface area contributed by atoms with Crippen molar-refractivity contribution in [3.63, 3.8) is 0 Å². The molecule has 1 amide bonds. The molecule has 0 aliphatic heterocycles. The molecule has 6 nitrogen and oxygen atoms in total. The molecule has 0 bridgehead atoms. The molecule has 0 radical (unpaired) electrons. The van der Waals surface area contributed by atoms with Gasteiger partial charge in [0, 0.05) is 18.5 Å². The average molecular weight is 400 g/mol. The van der Waals surface area contributed by atoms with Crippen LogP contribution in [0.2, 0.25) is 5.02 Å². The molecule has 0 saturated heterocycles.